The molecule has 0 amide bonds. The number of halogens is 2. The summed E-state index contributed by atoms with van der Waals surface area (Å²) in [7, 11) is 0. The summed E-state index contributed by atoms with van der Waals surface area (Å²) in [5.41, 5.74) is 7.15. The first-order valence-corrected chi connectivity index (χ1v) is 8.11. The summed E-state index contributed by atoms with van der Waals surface area (Å²) in [6, 6.07) is 8.18. The van der Waals surface area contributed by atoms with Crippen molar-refractivity contribution < 1.29 is 9.66 Å². The van der Waals surface area contributed by atoms with Crippen LogP contribution in [0.2, 0.25) is 10.0 Å². The molecule has 0 unspecified atom stereocenters. The molecule has 2 aromatic heterocycles. The Bertz CT molecular complexity index is 982. The number of nitrogens with two attached hydrogens (primary N) is 1. The summed E-state index contributed by atoms with van der Waals surface area (Å²) < 4.78 is 5.71. The summed E-state index contributed by atoms with van der Waals surface area (Å²) >= 11 is 12.0. The standard InChI is InChI=1S/C17H12Cl2N4O3/c18-13-2-1-10(15(19)5-13)9-26-14-3-11(6-21-8-14)12-4-16(23(24)25)17(20)22-7-12/h1-8H,9H2,(H2,20,22). The molecule has 0 fully saturated rings. The Kier molecular flexibility index (Phi) is 5.20. The topological polar surface area (TPSA) is 104 Å². The summed E-state index contributed by atoms with van der Waals surface area (Å²) in [6.07, 6.45) is 4.53. The highest BCUT2D eigenvalue weighted by Crippen LogP contribution is 2.29. The molecule has 0 atom stereocenters. The number of anilines is 1. The summed E-state index contributed by atoms with van der Waals surface area (Å²) in [5, 5.41) is 12.1. The highest BCUT2D eigenvalue weighted by molar-refractivity contribution is 6.35. The van der Waals surface area contributed by atoms with E-state index in [9.17, 15) is 10.1 Å². The van der Waals surface area contributed by atoms with Gasteiger partial charge in [-0.05, 0) is 18.2 Å². The zero-order valence-electron chi connectivity index (χ0n) is 13.2. The maximum absolute atomic E-state index is 11.0. The van der Waals surface area contributed by atoms with E-state index in [4.69, 9.17) is 33.7 Å². The van der Waals surface area contributed by atoms with Crippen molar-refractivity contribution in [1.29, 1.82) is 0 Å². The Morgan fingerprint density at radius 2 is 1.88 bits per heavy atom. The molecule has 0 aliphatic carbocycles. The van der Waals surface area contributed by atoms with Crippen LogP contribution in [0.4, 0.5) is 11.5 Å². The number of rotatable bonds is 5. The lowest BCUT2D eigenvalue weighted by Gasteiger charge is -2.09. The largest absolute Gasteiger partial charge is 0.487 e. The van der Waals surface area contributed by atoms with Crippen LogP contribution in [0, 0.1) is 10.1 Å². The van der Waals surface area contributed by atoms with E-state index in [1.807, 2.05) is 0 Å². The molecule has 0 spiro atoms. The number of nitrogen functional groups attached to an aromatic ring is 1. The molecule has 2 N–H and O–H groups in total. The normalized spacial score (nSPS) is 10.5. The molecule has 0 saturated carbocycles. The second-order valence-corrected chi connectivity index (χ2v) is 6.16. The molecule has 0 bridgehead atoms. The molecule has 1 aromatic carbocycles. The van der Waals surface area contributed by atoms with Crippen LogP contribution in [0.5, 0.6) is 5.75 Å². The van der Waals surface area contributed by atoms with Crippen LogP contribution in [-0.2, 0) is 6.61 Å². The molecule has 9 heteroatoms. The maximum Gasteiger partial charge on any atom is 0.311 e. The molecular formula is C17H12Cl2N4O3. The molecule has 0 aliphatic rings. The zero-order valence-corrected chi connectivity index (χ0v) is 14.7. The first-order chi connectivity index (χ1) is 12.4. The van der Waals surface area contributed by atoms with E-state index in [-0.39, 0.29) is 18.1 Å². The van der Waals surface area contributed by atoms with Crippen LogP contribution in [0.1, 0.15) is 5.56 Å². The monoisotopic (exact) mass is 390 g/mol. The predicted molar refractivity (Wildman–Crippen MR) is 99.3 cm³/mol. The van der Waals surface area contributed by atoms with Crippen molar-refractivity contribution in [2.24, 2.45) is 0 Å². The minimum absolute atomic E-state index is 0.142. The van der Waals surface area contributed by atoms with Gasteiger partial charge in [0.15, 0.2) is 0 Å². The van der Waals surface area contributed by atoms with Gasteiger partial charge in [-0.2, -0.15) is 0 Å². The molecule has 3 aromatic rings. The molecule has 2 heterocycles. The zero-order chi connectivity index (χ0) is 18.7. The number of nitrogens with zero attached hydrogens (tertiary/aromatic N) is 3. The van der Waals surface area contributed by atoms with E-state index in [1.165, 1.54) is 18.5 Å². The maximum atomic E-state index is 11.0. The molecule has 3 rings (SSSR count). The Morgan fingerprint density at radius 1 is 1.12 bits per heavy atom. The number of hydrogen-bond acceptors (Lipinski definition) is 6. The molecule has 0 saturated heterocycles. The highest BCUT2D eigenvalue weighted by atomic mass is 35.5. The van der Waals surface area contributed by atoms with Crippen LogP contribution in [0.25, 0.3) is 11.1 Å². The lowest BCUT2D eigenvalue weighted by molar-refractivity contribution is -0.384. The number of nitro groups is 1. The van der Waals surface area contributed by atoms with Crippen molar-refractivity contribution in [3.05, 3.63) is 74.6 Å². The lowest BCUT2D eigenvalue weighted by Crippen LogP contribution is -1.99. The van der Waals surface area contributed by atoms with Crippen LogP contribution in [-0.4, -0.2) is 14.9 Å². The van der Waals surface area contributed by atoms with E-state index in [0.29, 0.717) is 26.9 Å². The summed E-state index contributed by atoms with van der Waals surface area (Å²) in [4.78, 5) is 18.4. The van der Waals surface area contributed by atoms with Crippen LogP contribution >= 0.6 is 23.2 Å². The second-order valence-electron chi connectivity index (χ2n) is 5.32. The second kappa shape index (κ2) is 7.55. The van der Waals surface area contributed by atoms with Crippen LogP contribution < -0.4 is 10.5 Å². The SMILES string of the molecule is Nc1ncc(-c2cncc(OCc3ccc(Cl)cc3Cl)c2)cc1[N+](=O)[O-]. The van der Waals surface area contributed by atoms with Gasteiger partial charge in [-0.15, -0.1) is 0 Å². The first kappa shape index (κ1) is 17.9. The smallest absolute Gasteiger partial charge is 0.311 e. The van der Waals surface area contributed by atoms with E-state index >= 15 is 0 Å². The van der Waals surface area contributed by atoms with Crippen molar-refractivity contribution in [2.75, 3.05) is 5.73 Å². The van der Waals surface area contributed by atoms with E-state index in [1.54, 1.807) is 30.5 Å². The fourth-order valence-electron chi connectivity index (χ4n) is 2.22. The lowest BCUT2D eigenvalue weighted by atomic mass is 10.1. The van der Waals surface area contributed by atoms with Crippen LogP contribution in [0.15, 0.2) is 48.9 Å². The third-order valence-corrected chi connectivity index (χ3v) is 4.14. The van der Waals surface area contributed by atoms with Gasteiger partial charge in [0, 0.05) is 45.2 Å². The quantitative estimate of drug-likeness (QED) is 0.507. The Labute approximate surface area is 158 Å². The van der Waals surface area contributed by atoms with Gasteiger partial charge in [0.2, 0.25) is 5.82 Å². The van der Waals surface area contributed by atoms with Gasteiger partial charge in [-0.25, -0.2) is 4.98 Å². The Balaban J connectivity index is 1.82. The van der Waals surface area contributed by atoms with Crippen molar-refractivity contribution in [3.63, 3.8) is 0 Å². The number of hydrogen-bond donors (Lipinski definition) is 1. The first-order valence-electron chi connectivity index (χ1n) is 7.36. The third-order valence-electron chi connectivity index (χ3n) is 3.55. The van der Waals surface area contributed by atoms with Gasteiger partial charge < -0.3 is 10.5 Å². The van der Waals surface area contributed by atoms with Crippen molar-refractivity contribution in [1.82, 2.24) is 9.97 Å². The fourth-order valence-corrected chi connectivity index (χ4v) is 2.69. The average Bonchev–Trinajstić information content (AvgIpc) is 2.61. The predicted octanol–water partition coefficient (Wildman–Crippen LogP) is 4.52. The van der Waals surface area contributed by atoms with Gasteiger partial charge in [-0.3, -0.25) is 15.1 Å². The van der Waals surface area contributed by atoms with Gasteiger partial charge in [0.1, 0.15) is 12.4 Å². The number of benzene rings is 1. The van der Waals surface area contributed by atoms with E-state index in [0.717, 1.165) is 5.56 Å². The molecular weight excluding hydrogens is 379 g/mol. The van der Waals surface area contributed by atoms with E-state index < -0.39 is 4.92 Å². The van der Waals surface area contributed by atoms with Gasteiger partial charge in [-0.1, -0.05) is 29.3 Å². The minimum Gasteiger partial charge on any atom is -0.487 e. The number of ether oxygens (including phenoxy) is 1. The number of pyridine rings is 2. The average molecular weight is 391 g/mol. The summed E-state index contributed by atoms with van der Waals surface area (Å²) in [5.74, 6) is 0.337. The van der Waals surface area contributed by atoms with Crippen molar-refractivity contribution in [3.8, 4) is 16.9 Å². The van der Waals surface area contributed by atoms with Crippen LogP contribution in [0.3, 0.4) is 0 Å². The highest BCUT2D eigenvalue weighted by Gasteiger charge is 2.15. The van der Waals surface area contributed by atoms with Crippen molar-refractivity contribution >= 4 is 34.7 Å². The summed E-state index contributed by atoms with van der Waals surface area (Å²) in [6.45, 7) is 0.223. The molecule has 0 radical (unpaired) electrons. The molecule has 132 valence electrons. The minimum atomic E-state index is -0.581. The molecule has 26 heavy (non-hydrogen) atoms. The Morgan fingerprint density at radius 3 is 2.62 bits per heavy atom. The van der Waals surface area contributed by atoms with Gasteiger partial charge >= 0.3 is 5.69 Å². The Hall–Kier alpha value is -2.90. The number of aromatic nitrogens is 2. The molecule has 0 aliphatic heterocycles. The van der Waals surface area contributed by atoms with Gasteiger partial charge in [0.05, 0.1) is 11.1 Å². The van der Waals surface area contributed by atoms with E-state index in [2.05, 4.69) is 9.97 Å². The van der Waals surface area contributed by atoms with Crippen molar-refractivity contribution in [2.45, 2.75) is 6.61 Å². The fraction of sp³-hybridized carbons (Fsp3) is 0.0588. The molecule has 7 nitrogen and oxygen atoms in total. The van der Waals surface area contributed by atoms with Gasteiger partial charge in [0.25, 0.3) is 0 Å². The third kappa shape index (κ3) is 4.01.